The van der Waals surface area contributed by atoms with Crippen LogP contribution in [0.15, 0.2) is 43.0 Å². The van der Waals surface area contributed by atoms with Crippen molar-refractivity contribution in [3.05, 3.63) is 54.1 Å². The molecule has 2 rings (SSSR count). The van der Waals surface area contributed by atoms with Gasteiger partial charge in [-0.1, -0.05) is 49.9 Å². The molecule has 76 valence electrons. The summed E-state index contributed by atoms with van der Waals surface area (Å²) >= 11 is 0. The summed E-state index contributed by atoms with van der Waals surface area (Å²) in [7, 11) is 0. The topological polar surface area (TPSA) is 26.0 Å². The molecule has 0 fully saturated rings. The monoisotopic (exact) mass is 197 g/mol. The maximum absolute atomic E-state index is 5.81. The Hall–Kier alpha value is -1.76. The zero-order chi connectivity index (χ0) is 10.8. The molecule has 1 heteroatoms. The van der Waals surface area contributed by atoms with Gasteiger partial charge in [0.05, 0.1) is 0 Å². The third kappa shape index (κ3) is 1.61. The molecular formula is C14H15N. The van der Waals surface area contributed by atoms with Crippen LogP contribution in [0.1, 0.15) is 18.1 Å². The normalized spacial score (nSPS) is 10.5. The van der Waals surface area contributed by atoms with Crippen molar-refractivity contribution in [2.45, 2.75) is 13.3 Å². The molecule has 0 saturated heterocycles. The molecule has 0 radical (unpaired) electrons. The molecule has 0 heterocycles. The van der Waals surface area contributed by atoms with Gasteiger partial charge in [-0.3, -0.25) is 0 Å². The quantitative estimate of drug-likeness (QED) is 0.785. The van der Waals surface area contributed by atoms with Gasteiger partial charge in [0.25, 0.3) is 0 Å². The van der Waals surface area contributed by atoms with Crippen molar-refractivity contribution >= 4 is 16.5 Å². The number of rotatable bonds is 2. The van der Waals surface area contributed by atoms with Gasteiger partial charge in [-0.05, 0) is 22.8 Å². The predicted molar refractivity (Wildman–Crippen MR) is 66.5 cm³/mol. The van der Waals surface area contributed by atoms with Crippen LogP contribution in [0.4, 0.5) is 0 Å². The Kier molecular flexibility index (Phi) is 2.46. The van der Waals surface area contributed by atoms with E-state index in [1.807, 2.05) is 12.1 Å². The highest BCUT2D eigenvalue weighted by Gasteiger charge is 2.05. The van der Waals surface area contributed by atoms with E-state index in [2.05, 4.69) is 37.8 Å². The Morgan fingerprint density at radius 2 is 1.87 bits per heavy atom. The lowest BCUT2D eigenvalue weighted by Gasteiger charge is -2.09. The van der Waals surface area contributed by atoms with Crippen molar-refractivity contribution in [2.75, 3.05) is 0 Å². The summed E-state index contributed by atoms with van der Waals surface area (Å²) in [4.78, 5) is 0. The fraction of sp³-hybridized carbons (Fsp3) is 0.143. The van der Waals surface area contributed by atoms with Gasteiger partial charge in [0.15, 0.2) is 0 Å². The second kappa shape index (κ2) is 3.77. The standard InChI is InChI=1S/C14H15N/c1-3-11-6-4-7-12-8-5-9-13(10(2)15)14(11)12/h4-9H,2-3,15H2,1H3. The van der Waals surface area contributed by atoms with Crippen LogP contribution in [0.2, 0.25) is 0 Å². The van der Waals surface area contributed by atoms with Gasteiger partial charge >= 0.3 is 0 Å². The molecule has 15 heavy (non-hydrogen) atoms. The lowest BCUT2D eigenvalue weighted by molar-refractivity contribution is 1.16. The minimum atomic E-state index is 0.640. The predicted octanol–water partition coefficient (Wildman–Crippen LogP) is 3.33. The van der Waals surface area contributed by atoms with Crippen molar-refractivity contribution < 1.29 is 0 Å². The third-order valence-corrected chi connectivity index (χ3v) is 2.72. The van der Waals surface area contributed by atoms with Crippen LogP contribution < -0.4 is 5.73 Å². The van der Waals surface area contributed by atoms with Gasteiger partial charge in [-0.15, -0.1) is 0 Å². The molecule has 0 atom stereocenters. The van der Waals surface area contributed by atoms with Crippen LogP contribution in [0, 0.1) is 0 Å². The fourth-order valence-corrected chi connectivity index (χ4v) is 1.98. The highest BCUT2D eigenvalue weighted by atomic mass is 14.6. The molecule has 2 aromatic carbocycles. The van der Waals surface area contributed by atoms with Crippen molar-refractivity contribution in [1.82, 2.24) is 0 Å². The number of aryl methyl sites for hydroxylation is 1. The highest BCUT2D eigenvalue weighted by Crippen LogP contribution is 2.25. The van der Waals surface area contributed by atoms with E-state index in [0.29, 0.717) is 5.70 Å². The van der Waals surface area contributed by atoms with Crippen LogP contribution in [-0.2, 0) is 6.42 Å². The largest absolute Gasteiger partial charge is 0.399 e. The number of hydrogen-bond donors (Lipinski definition) is 1. The number of fused-ring (bicyclic) bond motifs is 1. The minimum Gasteiger partial charge on any atom is -0.399 e. The molecule has 0 aliphatic rings. The van der Waals surface area contributed by atoms with Crippen LogP contribution in [0.3, 0.4) is 0 Å². The zero-order valence-corrected chi connectivity index (χ0v) is 8.96. The van der Waals surface area contributed by atoms with E-state index in [1.54, 1.807) is 0 Å². The van der Waals surface area contributed by atoms with E-state index in [-0.39, 0.29) is 0 Å². The summed E-state index contributed by atoms with van der Waals surface area (Å²) in [5, 5.41) is 2.48. The van der Waals surface area contributed by atoms with Crippen molar-refractivity contribution in [3.8, 4) is 0 Å². The van der Waals surface area contributed by atoms with E-state index in [1.165, 1.54) is 16.3 Å². The Balaban J connectivity index is 2.87. The summed E-state index contributed by atoms with van der Waals surface area (Å²) in [6.07, 6.45) is 1.02. The van der Waals surface area contributed by atoms with Crippen molar-refractivity contribution in [2.24, 2.45) is 5.73 Å². The lowest BCUT2D eigenvalue weighted by atomic mass is 9.97. The molecule has 0 amide bonds. The van der Waals surface area contributed by atoms with E-state index < -0.39 is 0 Å². The molecule has 0 spiro atoms. The van der Waals surface area contributed by atoms with Gasteiger partial charge in [-0.2, -0.15) is 0 Å². The fourth-order valence-electron chi connectivity index (χ4n) is 1.98. The maximum Gasteiger partial charge on any atom is 0.0320 e. The van der Waals surface area contributed by atoms with Crippen LogP contribution in [0.5, 0.6) is 0 Å². The first-order chi connectivity index (χ1) is 7.24. The molecule has 0 saturated carbocycles. The lowest BCUT2D eigenvalue weighted by Crippen LogP contribution is -1.97. The summed E-state index contributed by atoms with van der Waals surface area (Å²) in [6.45, 7) is 5.99. The van der Waals surface area contributed by atoms with Crippen LogP contribution >= 0.6 is 0 Å². The zero-order valence-electron chi connectivity index (χ0n) is 8.96. The Morgan fingerprint density at radius 3 is 2.47 bits per heavy atom. The van der Waals surface area contributed by atoms with Crippen LogP contribution in [-0.4, -0.2) is 0 Å². The molecule has 0 aliphatic heterocycles. The number of hydrogen-bond acceptors (Lipinski definition) is 1. The first kappa shape index (κ1) is 9.78. The summed E-state index contributed by atoms with van der Waals surface area (Å²) in [5.74, 6) is 0. The molecular weight excluding hydrogens is 182 g/mol. The van der Waals surface area contributed by atoms with E-state index in [0.717, 1.165) is 12.0 Å². The van der Waals surface area contributed by atoms with Gasteiger partial charge < -0.3 is 5.73 Å². The Morgan fingerprint density at radius 1 is 1.20 bits per heavy atom. The van der Waals surface area contributed by atoms with Crippen molar-refractivity contribution in [1.29, 1.82) is 0 Å². The molecule has 0 aromatic heterocycles. The second-order valence-corrected chi connectivity index (χ2v) is 3.70. The van der Waals surface area contributed by atoms with E-state index in [4.69, 9.17) is 5.73 Å². The molecule has 2 aromatic rings. The average molecular weight is 197 g/mol. The minimum absolute atomic E-state index is 0.640. The molecule has 0 aliphatic carbocycles. The van der Waals surface area contributed by atoms with Gasteiger partial charge in [-0.25, -0.2) is 0 Å². The average Bonchev–Trinajstić information content (AvgIpc) is 2.27. The summed E-state index contributed by atoms with van der Waals surface area (Å²) in [5.41, 5.74) is 8.84. The third-order valence-electron chi connectivity index (χ3n) is 2.72. The maximum atomic E-state index is 5.81. The van der Waals surface area contributed by atoms with Crippen molar-refractivity contribution in [3.63, 3.8) is 0 Å². The first-order valence-electron chi connectivity index (χ1n) is 5.19. The second-order valence-electron chi connectivity index (χ2n) is 3.70. The number of benzene rings is 2. The van der Waals surface area contributed by atoms with Gasteiger partial charge in [0.2, 0.25) is 0 Å². The Labute approximate surface area is 90.2 Å². The van der Waals surface area contributed by atoms with Gasteiger partial charge in [0, 0.05) is 11.3 Å². The van der Waals surface area contributed by atoms with E-state index in [9.17, 15) is 0 Å². The van der Waals surface area contributed by atoms with Gasteiger partial charge in [0.1, 0.15) is 0 Å². The summed E-state index contributed by atoms with van der Waals surface area (Å²) < 4.78 is 0. The molecule has 0 unspecified atom stereocenters. The SMILES string of the molecule is C=C(N)c1cccc2cccc(CC)c12. The van der Waals surface area contributed by atoms with E-state index >= 15 is 0 Å². The molecule has 1 nitrogen and oxygen atoms in total. The molecule has 0 bridgehead atoms. The number of nitrogens with two attached hydrogens (primary N) is 1. The summed E-state index contributed by atoms with van der Waals surface area (Å²) in [6, 6.07) is 12.5. The highest BCUT2D eigenvalue weighted by molar-refractivity contribution is 5.95. The smallest absolute Gasteiger partial charge is 0.0320 e. The Bertz CT molecular complexity index is 506. The van der Waals surface area contributed by atoms with Crippen LogP contribution in [0.25, 0.3) is 16.5 Å². The molecule has 2 N–H and O–H groups in total. The first-order valence-corrected chi connectivity index (χ1v) is 5.19.